The first-order chi connectivity index (χ1) is 12.8. The molecule has 0 atom stereocenters. The summed E-state index contributed by atoms with van der Waals surface area (Å²) in [5.74, 6) is -0.625. The number of anilines is 1. The number of amides is 2. The Labute approximate surface area is 161 Å². The third-order valence-electron chi connectivity index (χ3n) is 4.53. The maximum Gasteiger partial charge on any atom is 0.286 e. The number of carbonyl (C=O) groups excluding carboxylic acids is 2. The average molecular weight is 390 g/mol. The number of halogens is 1. The summed E-state index contributed by atoms with van der Waals surface area (Å²) in [7, 11) is 0. The Morgan fingerprint density at radius 3 is 2.48 bits per heavy atom. The van der Waals surface area contributed by atoms with Crippen molar-refractivity contribution in [2.75, 3.05) is 18.4 Å². The number of rotatable bonds is 3. The van der Waals surface area contributed by atoms with Gasteiger partial charge in [-0.15, -0.1) is 10.2 Å². The van der Waals surface area contributed by atoms with Crippen LogP contribution in [0.3, 0.4) is 0 Å². The molecule has 0 bridgehead atoms. The van der Waals surface area contributed by atoms with E-state index in [0.29, 0.717) is 13.1 Å². The quantitative estimate of drug-likeness (QED) is 0.867. The van der Waals surface area contributed by atoms with E-state index in [1.807, 2.05) is 25.7 Å². The first-order valence-corrected chi connectivity index (χ1v) is 9.76. The fraction of sp³-hybridized carbons (Fsp3) is 0.474. The number of carbonyl (C=O) groups is 2. The zero-order chi connectivity index (χ0) is 19.6. The molecule has 1 aliphatic heterocycles. The van der Waals surface area contributed by atoms with Gasteiger partial charge in [0.15, 0.2) is 0 Å². The molecular weight excluding hydrogens is 367 g/mol. The van der Waals surface area contributed by atoms with Gasteiger partial charge in [-0.1, -0.05) is 44.2 Å². The lowest BCUT2D eigenvalue weighted by atomic mass is 9.91. The second kappa shape index (κ2) is 7.72. The lowest BCUT2D eigenvalue weighted by molar-refractivity contribution is -0.140. The molecule has 0 saturated carbocycles. The standard InChI is InChI=1S/C19H23FN4O2S/c1-19(2,3)18(26)24-10-8-12(9-11-24)16-22-23-17(27-16)15(25)21-14-7-5-4-6-13(14)20/h4-7,12H,8-11H2,1-3H3,(H,21,25). The largest absolute Gasteiger partial charge is 0.342 e. The fourth-order valence-electron chi connectivity index (χ4n) is 3.03. The molecular formula is C19H23FN4O2S. The van der Waals surface area contributed by atoms with E-state index in [-0.39, 0.29) is 27.9 Å². The van der Waals surface area contributed by atoms with Crippen molar-refractivity contribution in [3.63, 3.8) is 0 Å². The molecule has 1 aromatic heterocycles. The van der Waals surface area contributed by atoms with Crippen LogP contribution in [0.4, 0.5) is 10.1 Å². The van der Waals surface area contributed by atoms with Crippen LogP contribution in [0.25, 0.3) is 0 Å². The lowest BCUT2D eigenvalue weighted by Gasteiger charge is -2.35. The van der Waals surface area contributed by atoms with Gasteiger partial charge in [0, 0.05) is 24.4 Å². The number of piperidine rings is 1. The highest BCUT2D eigenvalue weighted by Gasteiger charge is 2.32. The first-order valence-electron chi connectivity index (χ1n) is 8.94. The Balaban J connectivity index is 1.61. The molecule has 8 heteroatoms. The lowest BCUT2D eigenvalue weighted by Crippen LogP contribution is -2.43. The van der Waals surface area contributed by atoms with Crippen LogP contribution in [0.15, 0.2) is 24.3 Å². The van der Waals surface area contributed by atoms with Gasteiger partial charge in [-0.2, -0.15) is 0 Å². The summed E-state index contributed by atoms with van der Waals surface area (Å²) in [6.07, 6.45) is 1.59. The first kappa shape index (κ1) is 19.4. The molecule has 0 unspecified atom stereocenters. The van der Waals surface area contributed by atoms with Crippen LogP contribution < -0.4 is 5.32 Å². The predicted molar refractivity (Wildman–Crippen MR) is 102 cm³/mol. The van der Waals surface area contributed by atoms with Gasteiger partial charge in [0.25, 0.3) is 5.91 Å². The van der Waals surface area contributed by atoms with Gasteiger partial charge < -0.3 is 10.2 Å². The van der Waals surface area contributed by atoms with Crippen molar-refractivity contribution >= 4 is 28.8 Å². The van der Waals surface area contributed by atoms with E-state index in [0.717, 1.165) is 17.8 Å². The summed E-state index contributed by atoms with van der Waals surface area (Å²) in [5, 5.41) is 11.6. The predicted octanol–water partition coefficient (Wildman–Crippen LogP) is 3.68. The van der Waals surface area contributed by atoms with Crippen LogP contribution in [0.1, 0.15) is 54.3 Å². The highest BCUT2D eigenvalue weighted by atomic mass is 32.1. The third-order valence-corrected chi connectivity index (χ3v) is 5.61. The second-order valence-corrected chi connectivity index (χ2v) is 8.70. The Bertz CT molecular complexity index is 838. The summed E-state index contributed by atoms with van der Waals surface area (Å²) >= 11 is 1.23. The van der Waals surface area contributed by atoms with Gasteiger partial charge in [-0.3, -0.25) is 9.59 Å². The van der Waals surface area contributed by atoms with Crippen LogP contribution in [0.2, 0.25) is 0 Å². The fourth-order valence-corrected chi connectivity index (χ4v) is 3.94. The molecule has 6 nitrogen and oxygen atoms in total. The maximum absolute atomic E-state index is 13.7. The summed E-state index contributed by atoms with van der Waals surface area (Å²) in [6, 6.07) is 5.99. The second-order valence-electron chi connectivity index (χ2n) is 7.70. The van der Waals surface area contributed by atoms with Crippen LogP contribution in [0, 0.1) is 11.2 Å². The number of hydrogen-bond acceptors (Lipinski definition) is 5. The summed E-state index contributed by atoms with van der Waals surface area (Å²) in [5.41, 5.74) is -0.263. The molecule has 1 N–H and O–H groups in total. The minimum Gasteiger partial charge on any atom is -0.342 e. The number of hydrogen-bond donors (Lipinski definition) is 1. The smallest absolute Gasteiger partial charge is 0.286 e. The molecule has 2 amide bonds. The van der Waals surface area contributed by atoms with Gasteiger partial charge in [0.1, 0.15) is 10.8 Å². The minimum atomic E-state index is -0.494. The average Bonchev–Trinajstić information content (AvgIpc) is 3.12. The summed E-state index contributed by atoms with van der Waals surface area (Å²) < 4.78 is 13.7. The molecule has 27 heavy (non-hydrogen) atoms. The van der Waals surface area contributed by atoms with E-state index in [4.69, 9.17) is 0 Å². The molecule has 0 spiro atoms. The zero-order valence-corrected chi connectivity index (χ0v) is 16.5. The molecule has 1 saturated heterocycles. The van der Waals surface area contributed by atoms with Crippen molar-refractivity contribution in [1.29, 1.82) is 0 Å². The van der Waals surface area contributed by atoms with Gasteiger partial charge in [-0.25, -0.2) is 4.39 Å². The Hall–Kier alpha value is -2.35. The van der Waals surface area contributed by atoms with Crippen molar-refractivity contribution in [2.45, 2.75) is 39.5 Å². The van der Waals surface area contributed by atoms with E-state index in [9.17, 15) is 14.0 Å². The molecule has 2 heterocycles. The SMILES string of the molecule is CC(C)(C)C(=O)N1CCC(c2nnc(C(=O)Nc3ccccc3F)s2)CC1. The van der Waals surface area contributed by atoms with Gasteiger partial charge in [-0.05, 0) is 25.0 Å². The van der Waals surface area contributed by atoms with E-state index < -0.39 is 11.7 Å². The number of nitrogens with zero attached hydrogens (tertiary/aromatic N) is 3. The molecule has 1 aromatic carbocycles. The van der Waals surface area contributed by atoms with Gasteiger partial charge in [0.05, 0.1) is 5.69 Å². The van der Waals surface area contributed by atoms with Crippen molar-refractivity contribution in [1.82, 2.24) is 15.1 Å². The van der Waals surface area contributed by atoms with Crippen LogP contribution >= 0.6 is 11.3 Å². The molecule has 0 radical (unpaired) electrons. The summed E-state index contributed by atoms with van der Waals surface area (Å²) in [6.45, 7) is 7.13. The van der Waals surface area contributed by atoms with Crippen molar-refractivity contribution in [3.8, 4) is 0 Å². The zero-order valence-electron chi connectivity index (χ0n) is 15.7. The normalized spacial score (nSPS) is 15.6. The number of likely N-dealkylation sites (tertiary alicyclic amines) is 1. The summed E-state index contributed by atoms with van der Waals surface area (Å²) in [4.78, 5) is 26.6. The van der Waals surface area contributed by atoms with Crippen molar-refractivity contribution in [3.05, 3.63) is 40.1 Å². The van der Waals surface area contributed by atoms with Crippen LogP contribution in [-0.4, -0.2) is 40.0 Å². The number of nitrogens with one attached hydrogen (secondary N) is 1. The maximum atomic E-state index is 13.7. The van der Waals surface area contributed by atoms with Crippen molar-refractivity contribution in [2.24, 2.45) is 5.41 Å². The molecule has 3 rings (SSSR count). The Kier molecular flexibility index (Phi) is 5.55. The van der Waals surface area contributed by atoms with Crippen LogP contribution in [0.5, 0.6) is 0 Å². The van der Waals surface area contributed by atoms with Crippen LogP contribution in [-0.2, 0) is 4.79 Å². The number of para-hydroxylation sites is 1. The molecule has 2 aromatic rings. The molecule has 144 valence electrons. The Morgan fingerprint density at radius 1 is 1.19 bits per heavy atom. The highest BCUT2D eigenvalue weighted by molar-refractivity contribution is 7.13. The number of aromatic nitrogens is 2. The molecule has 1 aliphatic rings. The monoisotopic (exact) mass is 390 g/mol. The van der Waals surface area contributed by atoms with Gasteiger partial charge >= 0.3 is 0 Å². The van der Waals surface area contributed by atoms with E-state index >= 15 is 0 Å². The van der Waals surface area contributed by atoms with E-state index in [1.54, 1.807) is 12.1 Å². The van der Waals surface area contributed by atoms with Gasteiger partial charge in [0.2, 0.25) is 10.9 Å². The molecule has 0 aliphatic carbocycles. The minimum absolute atomic E-state index is 0.119. The van der Waals surface area contributed by atoms with Crippen molar-refractivity contribution < 1.29 is 14.0 Å². The van der Waals surface area contributed by atoms with E-state index in [2.05, 4.69) is 15.5 Å². The highest BCUT2D eigenvalue weighted by Crippen LogP contribution is 2.32. The topological polar surface area (TPSA) is 75.2 Å². The van der Waals surface area contributed by atoms with E-state index in [1.165, 1.54) is 23.5 Å². The third kappa shape index (κ3) is 4.50. The number of benzene rings is 1. The Morgan fingerprint density at radius 2 is 1.85 bits per heavy atom. The molecule has 1 fully saturated rings.